The van der Waals surface area contributed by atoms with Crippen LogP contribution in [-0.2, 0) is 6.18 Å². The number of hydrogen-bond acceptors (Lipinski definition) is 2. The number of phenolic OH excluding ortho intramolecular Hbond substituents is 1. The Morgan fingerprint density at radius 1 is 1.14 bits per heavy atom. The number of phenols is 1. The minimum absolute atomic E-state index is 0.0653. The maximum Gasteiger partial charge on any atom is 0.417 e. The van der Waals surface area contributed by atoms with Gasteiger partial charge in [-0.25, -0.2) is 0 Å². The first-order valence-electron chi connectivity index (χ1n) is 5.75. The average molecular weight is 316 g/mol. The summed E-state index contributed by atoms with van der Waals surface area (Å²) in [7, 11) is 0. The van der Waals surface area contributed by atoms with Crippen molar-refractivity contribution in [3.63, 3.8) is 0 Å². The van der Waals surface area contributed by atoms with E-state index in [1.54, 1.807) is 0 Å². The molecule has 0 radical (unpaired) electrons. The van der Waals surface area contributed by atoms with Gasteiger partial charge in [-0.1, -0.05) is 23.7 Å². The van der Waals surface area contributed by atoms with Crippen molar-refractivity contribution in [1.82, 2.24) is 0 Å². The molecule has 0 spiro atoms. The van der Waals surface area contributed by atoms with Crippen molar-refractivity contribution in [3.8, 4) is 5.75 Å². The lowest BCUT2D eigenvalue weighted by molar-refractivity contribution is -0.137. The molecule has 110 valence electrons. The molecule has 21 heavy (non-hydrogen) atoms. The highest BCUT2D eigenvalue weighted by molar-refractivity contribution is 6.31. The third-order valence-electron chi connectivity index (χ3n) is 2.68. The summed E-state index contributed by atoms with van der Waals surface area (Å²) < 4.78 is 38.5. The number of benzene rings is 2. The molecule has 0 atom stereocenters. The molecule has 7 heteroatoms. The Hall–Kier alpha value is -2.21. The molecule has 0 heterocycles. The maximum absolute atomic E-state index is 12.8. The van der Waals surface area contributed by atoms with E-state index in [0.29, 0.717) is 0 Å². The topological polar surface area (TPSA) is 49.3 Å². The second kappa shape index (κ2) is 5.65. The number of aromatic hydroxyl groups is 1. The third-order valence-corrected chi connectivity index (χ3v) is 2.92. The van der Waals surface area contributed by atoms with E-state index in [9.17, 15) is 23.1 Å². The van der Waals surface area contributed by atoms with E-state index >= 15 is 0 Å². The first-order chi connectivity index (χ1) is 9.79. The van der Waals surface area contributed by atoms with Gasteiger partial charge in [-0.05, 0) is 30.3 Å². The molecule has 2 aromatic carbocycles. The number of hydrogen-bond donors (Lipinski definition) is 2. The van der Waals surface area contributed by atoms with Crippen LogP contribution in [0.4, 0.5) is 18.9 Å². The Morgan fingerprint density at radius 2 is 1.81 bits per heavy atom. The van der Waals surface area contributed by atoms with Gasteiger partial charge in [0, 0.05) is 5.02 Å². The molecular weight excluding hydrogens is 307 g/mol. The van der Waals surface area contributed by atoms with Crippen LogP contribution in [-0.4, -0.2) is 11.0 Å². The Morgan fingerprint density at radius 3 is 2.48 bits per heavy atom. The van der Waals surface area contributed by atoms with E-state index in [-0.39, 0.29) is 16.5 Å². The number of halogens is 4. The Bertz CT molecular complexity index is 686. The number of alkyl halides is 3. The molecule has 0 saturated heterocycles. The normalized spacial score (nSPS) is 11.2. The van der Waals surface area contributed by atoms with Gasteiger partial charge in [0.1, 0.15) is 5.75 Å². The highest BCUT2D eigenvalue weighted by Crippen LogP contribution is 2.33. The molecule has 2 rings (SSSR count). The van der Waals surface area contributed by atoms with Gasteiger partial charge in [0.15, 0.2) is 0 Å². The van der Waals surface area contributed by atoms with Crippen LogP contribution in [0, 0.1) is 0 Å². The number of anilines is 1. The largest absolute Gasteiger partial charge is 0.506 e. The van der Waals surface area contributed by atoms with Gasteiger partial charge in [-0.15, -0.1) is 0 Å². The second-order valence-corrected chi connectivity index (χ2v) is 4.60. The molecule has 0 fully saturated rings. The van der Waals surface area contributed by atoms with E-state index in [0.717, 1.165) is 12.1 Å². The van der Waals surface area contributed by atoms with E-state index < -0.39 is 23.2 Å². The number of amides is 1. The van der Waals surface area contributed by atoms with Crippen molar-refractivity contribution in [3.05, 3.63) is 58.6 Å². The number of rotatable bonds is 2. The second-order valence-electron chi connectivity index (χ2n) is 4.16. The van der Waals surface area contributed by atoms with Crippen LogP contribution in [0.2, 0.25) is 5.02 Å². The van der Waals surface area contributed by atoms with Crippen LogP contribution in [0.25, 0.3) is 0 Å². The Kier molecular flexibility index (Phi) is 4.09. The van der Waals surface area contributed by atoms with E-state index in [1.807, 2.05) is 0 Å². The monoisotopic (exact) mass is 315 g/mol. The molecule has 0 aromatic heterocycles. The fourth-order valence-electron chi connectivity index (χ4n) is 1.73. The number of carbonyl (C=O) groups is 1. The molecule has 2 aromatic rings. The molecule has 3 nitrogen and oxygen atoms in total. The summed E-state index contributed by atoms with van der Waals surface area (Å²) in [5, 5.41) is 12.0. The van der Waals surface area contributed by atoms with Crippen LogP contribution in [0.5, 0.6) is 5.75 Å². The summed E-state index contributed by atoms with van der Waals surface area (Å²) >= 11 is 5.71. The lowest BCUT2D eigenvalue weighted by Gasteiger charge is -2.13. The Labute approximate surface area is 123 Å². The minimum atomic E-state index is -4.65. The summed E-state index contributed by atoms with van der Waals surface area (Å²) in [6.45, 7) is 0. The van der Waals surface area contributed by atoms with Gasteiger partial charge < -0.3 is 10.4 Å². The van der Waals surface area contributed by atoms with Gasteiger partial charge in [0.05, 0.1) is 16.8 Å². The summed E-state index contributed by atoms with van der Waals surface area (Å²) in [6, 6.07) is 8.24. The van der Waals surface area contributed by atoms with Gasteiger partial charge >= 0.3 is 6.18 Å². The first-order valence-corrected chi connectivity index (χ1v) is 6.13. The first kappa shape index (κ1) is 15.2. The molecule has 0 unspecified atom stereocenters. The lowest BCUT2D eigenvalue weighted by Crippen LogP contribution is -2.18. The SMILES string of the molecule is O=C(Nc1cc(Cl)ccc1O)c1ccccc1C(F)(F)F. The van der Waals surface area contributed by atoms with Crippen molar-refractivity contribution < 1.29 is 23.1 Å². The average Bonchev–Trinajstić information content (AvgIpc) is 2.42. The Balaban J connectivity index is 2.36. The van der Waals surface area contributed by atoms with Crippen LogP contribution >= 0.6 is 11.6 Å². The van der Waals surface area contributed by atoms with E-state index in [4.69, 9.17) is 11.6 Å². The fourth-order valence-corrected chi connectivity index (χ4v) is 1.90. The third kappa shape index (κ3) is 3.46. The summed E-state index contributed by atoms with van der Waals surface area (Å²) in [6.07, 6.45) is -4.65. The van der Waals surface area contributed by atoms with Crippen molar-refractivity contribution in [2.75, 3.05) is 5.32 Å². The van der Waals surface area contributed by atoms with E-state index in [1.165, 1.54) is 30.3 Å². The van der Waals surface area contributed by atoms with Gasteiger partial charge in [0.2, 0.25) is 0 Å². The van der Waals surface area contributed by atoms with Crippen molar-refractivity contribution in [2.45, 2.75) is 6.18 Å². The number of nitrogens with one attached hydrogen (secondary N) is 1. The number of carbonyl (C=O) groups excluding carboxylic acids is 1. The molecule has 0 aliphatic rings. The van der Waals surface area contributed by atoms with Crippen molar-refractivity contribution in [1.29, 1.82) is 0 Å². The highest BCUT2D eigenvalue weighted by atomic mass is 35.5. The van der Waals surface area contributed by atoms with Crippen molar-refractivity contribution in [2.24, 2.45) is 0 Å². The van der Waals surface area contributed by atoms with Gasteiger partial charge in [-0.3, -0.25) is 4.79 Å². The van der Waals surface area contributed by atoms with Crippen LogP contribution in [0.3, 0.4) is 0 Å². The standard InChI is InChI=1S/C14H9ClF3NO2/c15-8-5-6-12(20)11(7-8)19-13(21)9-3-1-2-4-10(9)14(16,17)18/h1-7,20H,(H,19,21). The van der Waals surface area contributed by atoms with E-state index in [2.05, 4.69) is 5.32 Å². The molecular formula is C14H9ClF3NO2. The molecule has 2 N–H and O–H groups in total. The summed E-state index contributed by atoms with van der Waals surface area (Å²) in [4.78, 5) is 12.0. The van der Waals surface area contributed by atoms with Gasteiger partial charge in [0.25, 0.3) is 5.91 Å². The molecule has 1 amide bonds. The predicted octanol–water partition coefficient (Wildman–Crippen LogP) is 4.32. The summed E-state index contributed by atoms with van der Waals surface area (Å²) in [5.74, 6) is -1.28. The zero-order valence-corrected chi connectivity index (χ0v) is 11.2. The smallest absolute Gasteiger partial charge is 0.417 e. The molecule has 0 bridgehead atoms. The van der Waals surface area contributed by atoms with Crippen LogP contribution < -0.4 is 5.32 Å². The van der Waals surface area contributed by atoms with Crippen LogP contribution in [0.15, 0.2) is 42.5 Å². The maximum atomic E-state index is 12.8. The fraction of sp³-hybridized carbons (Fsp3) is 0.0714. The van der Waals surface area contributed by atoms with Crippen molar-refractivity contribution >= 4 is 23.2 Å². The molecule has 0 aliphatic carbocycles. The zero-order valence-electron chi connectivity index (χ0n) is 10.4. The zero-order chi connectivity index (χ0) is 15.6. The lowest BCUT2D eigenvalue weighted by atomic mass is 10.1. The minimum Gasteiger partial charge on any atom is -0.506 e. The summed E-state index contributed by atoms with van der Waals surface area (Å²) in [5.41, 5.74) is -1.65. The quantitative estimate of drug-likeness (QED) is 0.811. The van der Waals surface area contributed by atoms with Gasteiger partial charge in [-0.2, -0.15) is 13.2 Å². The predicted molar refractivity (Wildman–Crippen MR) is 72.5 cm³/mol. The highest BCUT2D eigenvalue weighted by Gasteiger charge is 2.34. The van der Waals surface area contributed by atoms with Crippen LogP contribution in [0.1, 0.15) is 15.9 Å². The molecule has 0 aliphatic heterocycles. The molecule has 0 saturated carbocycles.